The van der Waals surface area contributed by atoms with Crippen LogP contribution in [0.25, 0.3) is 0 Å². The van der Waals surface area contributed by atoms with Crippen molar-refractivity contribution in [2.45, 2.75) is 13.3 Å². The van der Waals surface area contributed by atoms with Crippen LogP contribution >= 0.6 is 11.3 Å². The van der Waals surface area contributed by atoms with Crippen molar-refractivity contribution >= 4 is 23.1 Å². The molecule has 1 heterocycles. The Labute approximate surface area is 119 Å². The number of aromatic nitrogens is 1. The van der Waals surface area contributed by atoms with Gasteiger partial charge in [-0.25, -0.2) is 9.78 Å². The largest absolute Gasteiger partial charge is 0.485 e. The van der Waals surface area contributed by atoms with E-state index in [9.17, 15) is 9.59 Å². The van der Waals surface area contributed by atoms with E-state index in [1.54, 1.807) is 12.1 Å². The lowest BCUT2D eigenvalue weighted by molar-refractivity contribution is 0.0691. The maximum absolute atomic E-state index is 11.8. The molecule has 6 heteroatoms. The van der Waals surface area contributed by atoms with Gasteiger partial charge in [0.25, 0.3) is 0 Å². The molecule has 2 rings (SSSR count). The molecule has 0 unspecified atom stereocenters. The molecule has 0 fully saturated rings. The lowest BCUT2D eigenvalue weighted by Crippen LogP contribution is -2.12. The summed E-state index contributed by atoms with van der Waals surface area (Å²) in [6, 6.07) is 7.48. The van der Waals surface area contributed by atoms with Gasteiger partial charge in [0.15, 0.2) is 17.3 Å². The van der Waals surface area contributed by atoms with Gasteiger partial charge in [-0.05, 0) is 24.1 Å². The lowest BCUT2D eigenvalue weighted by Gasteiger charge is -2.04. The van der Waals surface area contributed by atoms with Crippen molar-refractivity contribution in [2.75, 3.05) is 6.61 Å². The minimum atomic E-state index is -1.14. The zero-order valence-electron chi connectivity index (χ0n) is 10.8. The molecule has 1 N–H and O–H groups in total. The average Bonchev–Trinajstić information content (AvgIpc) is 2.95. The third kappa shape index (κ3) is 3.42. The van der Waals surface area contributed by atoms with Crippen LogP contribution in [0, 0.1) is 0 Å². The molecule has 104 valence electrons. The molecule has 1 aromatic heterocycles. The van der Waals surface area contributed by atoms with Crippen LogP contribution in [0.2, 0.25) is 0 Å². The number of hydrogen-bond acceptors (Lipinski definition) is 5. The number of carbonyl (C=O) groups is 2. The molecular weight excluding hydrogens is 278 g/mol. The number of thiazole rings is 1. The fourth-order valence-corrected chi connectivity index (χ4v) is 2.25. The predicted octanol–water partition coefficient (Wildman–Crippen LogP) is 2.67. The number of carboxylic acids is 1. The minimum Gasteiger partial charge on any atom is -0.485 e. The molecule has 5 nitrogen and oxygen atoms in total. The first-order chi connectivity index (χ1) is 9.60. The summed E-state index contributed by atoms with van der Waals surface area (Å²) in [6.07, 6.45) is 0.941. The summed E-state index contributed by atoms with van der Waals surface area (Å²) in [5.74, 6) is -0.871. The van der Waals surface area contributed by atoms with Crippen LogP contribution in [0.1, 0.15) is 32.8 Å². The topological polar surface area (TPSA) is 76.5 Å². The molecule has 0 amide bonds. The van der Waals surface area contributed by atoms with Crippen molar-refractivity contribution in [3.8, 4) is 5.75 Å². The maximum atomic E-state index is 11.8. The number of carboxylic acid groups (broad SMARTS) is 1. The number of hydrogen-bond donors (Lipinski definition) is 1. The normalized spacial score (nSPS) is 10.2. The van der Waals surface area contributed by atoms with Crippen molar-refractivity contribution in [3.63, 3.8) is 0 Å². The summed E-state index contributed by atoms with van der Waals surface area (Å²) in [5.41, 5.74) is 1.07. The van der Waals surface area contributed by atoms with Gasteiger partial charge in [-0.2, -0.15) is 0 Å². The van der Waals surface area contributed by atoms with Crippen LogP contribution in [0.4, 0.5) is 0 Å². The monoisotopic (exact) mass is 291 g/mol. The summed E-state index contributed by atoms with van der Waals surface area (Å²) in [4.78, 5) is 26.2. The van der Waals surface area contributed by atoms with E-state index in [0.717, 1.165) is 17.8 Å². The maximum Gasteiger partial charge on any atom is 0.355 e. The molecule has 0 radical (unpaired) electrons. The fourth-order valence-electron chi connectivity index (χ4n) is 1.53. The number of Topliss-reactive ketones (excluding diaryl/α,β-unsaturated/α-hetero) is 1. The van der Waals surface area contributed by atoms with Crippen molar-refractivity contribution in [3.05, 3.63) is 45.9 Å². The van der Waals surface area contributed by atoms with E-state index in [0.29, 0.717) is 5.75 Å². The van der Waals surface area contributed by atoms with E-state index in [1.165, 1.54) is 10.9 Å². The van der Waals surface area contributed by atoms with E-state index < -0.39 is 5.97 Å². The molecule has 1 aromatic carbocycles. The SMILES string of the molecule is CCc1ccc(OCC(=O)c2nc(C(=O)O)cs2)cc1. The summed E-state index contributed by atoms with van der Waals surface area (Å²) in [7, 11) is 0. The van der Waals surface area contributed by atoms with Crippen LogP contribution in [0.3, 0.4) is 0 Å². The first kappa shape index (κ1) is 14.2. The highest BCUT2D eigenvalue weighted by Crippen LogP contribution is 2.14. The first-order valence-electron chi connectivity index (χ1n) is 6.04. The molecule has 20 heavy (non-hydrogen) atoms. The van der Waals surface area contributed by atoms with E-state index in [2.05, 4.69) is 11.9 Å². The predicted molar refractivity (Wildman–Crippen MR) is 74.7 cm³/mol. The van der Waals surface area contributed by atoms with Crippen molar-refractivity contribution in [1.82, 2.24) is 4.98 Å². The molecule has 0 atom stereocenters. The number of ketones is 1. The summed E-state index contributed by atoms with van der Waals surface area (Å²) in [6.45, 7) is 1.90. The first-order valence-corrected chi connectivity index (χ1v) is 6.92. The van der Waals surface area contributed by atoms with E-state index >= 15 is 0 Å². The standard InChI is InChI=1S/C14H13NO4S/c1-2-9-3-5-10(6-4-9)19-7-12(16)13-15-11(8-20-13)14(17)18/h3-6,8H,2,7H2,1H3,(H,17,18). The van der Waals surface area contributed by atoms with E-state index in [1.807, 2.05) is 12.1 Å². The van der Waals surface area contributed by atoms with Crippen LogP contribution in [-0.2, 0) is 6.42 Å². The van der Waals surface area contributed by atoms with Gasteiger partial charge in [0.1, 0.15) is 5.75 Å². The third-order valence-electron chi connectivity index (χ3n) is 2.66. The van der Waals surface area contributed by atoms with E-state index in [-0.39, 0.29) is 23.1 Å². The second-order valence-corrected chi connectivity index (χ2v) is 4.91. The van der Waals surface area contributed by atoms with Crippen LogP contribution in [-0.4, -0.2) is 28.4 Å². The van der Waals surface area contributed by atoms with Gasteiger partial charge in [-0.15, -0.1) is 11.3 Å². The van der Waals surface area contributed by atoms with Crippen molar-refractivity contribution in [2.24, 2.45) is 0 Å². The number of carbonyl (C=O) groups excluding carboxylic acids is 1. The van der Waals surface area contributed by atoms with Gasteiger partial charge >= 0.3 is 5.97 Å². The second kappa shape index (κ2) is 6.29. The Morgan fingerprint density at radius 3 is 2.55 bits per heavy atom. The fraction of sp³-hybridized carbons (Fsp3) is 0.214. The van der Waals surface area contributed by atoms with Crippen LogP contribution in [0.15, 0.2) is 29.6 Å². The van der Waals surface area contributed by atoms with Crippen LogP contribution in [0.5, 0.6) is 5.75 Å². The lowest BCUT2D eigenvalue weighted by atomic mass is 10.2. The molecule has 0 aliphatic heterocycles. The Hall–Kier alpha value is -2.21. The molecule has 0 spiro atoms. The summed E-state index contributed by atoms with van der Waals surface area (Å²) >= 11 is 1.01. The number of aryl methyl sites for hydroxylation is 1. The molecule has 0 aliphatic carbocycles. The molecule has 0 aliphatic rings. The van der Waals surface area contributed by atoms with Gasteiger partial charge in [0.05, 0.1) is 0 Å². The van der Waals surface area contributed by atoms with Crippen LogP contribution < -0.4 is 4.74 Å². The van der Waals surface area contributed by atoms with Gasteiger partial charge < -0.3 is 9.84 Å². The minimum absolute atomic E-state index is 0.120. The highest BCUT2D eigenvalue weighted by Gasteiger charge is 2.15. The van der Waals surface area contributed by atoms with E-state index in [4.69, 9.17) is 9.84 Å². The highest BCUT2D eigenvalue weighted by molar-refractivity contribution is 7.12. The zero-order valence-corrected chi connectivity index (χ0v) is 11.6. The highest BCUT2D eigenvalue weighted by atomic mass is 32.1. The number of aromatic carboxylic acids is 1. The third-order valence-corrected chi connectivity index (χ3v) is 3.55. The Kier molecular flexibility index (Phi) is 4.47. The smallest absolute Gasteiger partial charge is 0.355 e. The number of nitrogens with zero attached hydrogens (tertiary/aromatic N) is 1. The summed E-state index contributed by atoms with van der Waals surface area (Å²) in [5, 5.41) is 10.2. The van der Waals surface area contributed by atoms with Gasteiger partial charge in [-0.1, -0.05) is 19.1 Å². The molecule has 0 saturated heterocycles. The summed E-state index contributed by atoms with van der Waals surface area (Å²) < 4.78 is 5.36. The molecular formula is C14H13NO4S. The zero-order chi connectivity index (χ0) is 14.5. The second-order valence-electron chi connectivity index (χ2n) is 4.05. The van der Waals surface area contributed by atoms with Gasteiger partial charge in [0.2, 0.25) is 5.78 Å². The quantitative estimate of drug-likeness (QED) is 0.828. The Morgan fingerprint density at radius 2 is 2.00 bits per heavy atom. The van der Waals surface area contributed by atoms with Crippen molar-refractivity contribution < 1.29 is 19.4 Å². The van der Waals surface area contributed by atoms with Gasteiger partial charge in [-0.3, -0.25) is 4.79 Å². The number of rotatable bonds is 6. The average molecular weight is 291 g/mol. The van der Waals surface area contributed by atoms with Gasteiger partial charge in [0, 0.05) is 5.38 Å². The Balaban J connectivity index is 1.95. The Bertz CT molecular complexity index is 618. The number of benzene rings is 1. The molecule has 0 bridgehead atoms. The number of ether oxygens (including phenoxy) is 1. The Morgan fingerprint density at radius 1 is 1.30 bits per heavy atom. The molecule has 0 saturated carbocycles. The van der Waals surface area contributed by atoms with Crippen molar-refractivity contribution in [1.29, 1.82) is 0 Å². The molecule has 2 aromatic rings.